The Morgan fingerprint density at radius 1 is 1.00 bits per heavy atom. The molecule has 0 aromatic carbocycles. The Morgan fingerprint density at radius 3 is 2.15 bits per heavy atom. The summed E-state index contributed by atoms with van der Waals surface area (Å²) in [6.07, 6.45) is 6.95. The Labute approximate surface area is 123 Å². The van der Waals surface area contributed by atoms with Crippen LogP contribution in [-0.2, 0) is 19.1 Å². The highest BCUT2D eigenvalue weighted by Gasteiger charge is 2.22. The molecule has 0 rings (SSSR count). The zero-order valence-electron chi connectivity index (χ0n) is 13.4. The van der Waals surface area contributed by atoms with Gasteiger partial charge >= 0.3 is 11.9 Å². The molecule has 0 aromatic rings. The third kappa shape index (κ3) is 8.94. The normalized spacial score (nSPS) is 13.6. The van der Waals surface area contributed by atoms with Gasteiger partial charge in [-0.25, -0.2) is 0 Å². The van der Waals surface area contributed by atoms with Crippen LogP contribution in [0.4, 0.5) is 0 Å². The minimum Gasteiger partial charge on any atom is -0.469 e. The molecular weight excluding hydrogens is 256 g/mol. The number of ether oxygens (including phenoxy) is 2. The number of hydrogen-bond acceptors (Lipinski definition) is 4. The first-order chi connectivity index (χ1) is 9.54. The SMILES string of the molecule is CCCCCC(CCCC)C(=O)OC(C)CC(=O)OC. The van der Waals surface area contributed by atoms with E-state index in [0.29, 0.717) is 0 Å². The van der Waals surface area contributed by atoms with E-state index in [1.165, 1.54) is 7.11 Å². The van der Waals surface area contributed by atoms with Crippen molar-refractivity contribution in [1.29, 1.82) is 0 Å². The molecule has 2 unspecified atom stereocenters. The summed E-state index contributed by atoms with van der Waals surface area (Å²) < 4.78 is 9.95. The standard InChI is InChI=1S/C16H30O4/c1-5-7-9-11-14(10-8-6-2)16(18)20-13(3)12-15(17)19-4/h13-14H,5-12H2,1-4H3. The van der Waals surface area contributed by atoms with Crippen molar-refractivity contribution in [3.8, 4) is 0 Å². The molecule has 0 aliphatic rings. The molecule has 118 valence electrons. The maximum absolute atomic E-state index is 12.1. The molecule has 0 radical (unpaired) electrons. The van der Waals surface area contributed by atoms with E-state index in [-0.39, 0.29) is 24.3 Å². The molecule has 0 aromatic heterocycles. The number of unbranched alkanes of at least 4 members (excludes halogenated alkanes) is 3. The van der Waals surface area contributed by atoms with Gasteiger partial charge in [0.1, 0.15) is 6.10 Å². The first kappa shape index (κ1) is 18.9. The molecule has 0 saturated heterocycles. The molecule has 0 aliphatic carbocycles. The Morgan fingerprint density at radius 2 is 1.60 bits per heavy atom. The van der Waals surface area contributed by atoms with Crippen LogP contribution in [0.1, 0.15) is 72.1 Å². The summed E-state index contributed by atoms with van der Waals surface area (Å²) in [6.45, 7) is 6.00. The summed E-state index contributed by atoms with van der Waals surface area (Å²) in [5.41, 5.74) is 0. The van der Waals surface area contributed by atoms with Crippen molar-refractivity contribution in [1.82, 2.24) is 0 Å². The van der Waals surface area contributed by atoms with E-state index < -0.39 is 6.10 Å². The number of hydrogen-bond donors (Lipinski definition) is 0. The lowest BCUT2D eigenvalue weighted by molar-refractivity contribution is -0.157. The smallest absolute Gasteiger partial charge is 0.309 e. The molecule has 0 aliphatic heterocycles. The van der Waals surface area contributed by atoms with Crippen molar-refractivity contribution in [3.05, 3.63) is 0 Å². The topological polar surface area (TPSA) is 52.6 Å². The van der Waals surface area contributed by atoms with Crippen LogP contribution >= 0.6 is 0 Å². The van der Waals surface area contributed by atoms with Crippen molar-refractivity contribution in [3.63, 3.8) is 0 Å². The van der Waals surface area contributed by atoms with Crippen LogP contribution in [0.2, 0.25) is 0 Å². The van der Waals surface area contributed by atoms with E-state index in [0.717, 1.165) is 44.9 Å². The van der Waals surface area contributed by atoms with E-state index in [4.69, 9.17) is 4.74 Å². The molecule has 0 bridgehead atoms. The molecular formula is C16H30O4. The second-order valence-corrected chi connectivity index (χ2v) is 5.36. The quantitative estimate of drug-likeness (QED) is 0.427. The number of carbonyl (C=O) groups excluding carboxylic acids is 2. The summed E-state index contributed by atoms with van der Waals surface area (Å²) in [4.78, 5) is 23.3. The predicted molar refractivity (Wildman–Crippen MR) is 79.3 cm³/mol. The fourth-order valence-electron chi connectivity index (χ4n) is 2.13. The minimum atomic E-state index is -0.412. The van der Waals surface area contributed by atoms with E-state index in [9.17, 15) is 9.59 Å². The van der Waals surface area contributed by atoms with Gasteiger partial charge in [0.15, 0.2) is 0 Å². The van der Waals surface area contributed by atoms with Crippen LogP contribution < -0.4 is 0 Å². The molecule has 0 N–H and O–H groups in total. The Balaban J connectivity index is 4.25. The van der Waals surface area contributed by atoms with Crippen LogP contribution in [-0.4, -0.2) is 25.2 Å². The zero-order chi connectivity index (χ0) is 15.4. The second-order valence-electron chi connectivity index (χ2n) is 5.36. The van der Waals surface area contributed by atoms with Gasteiger partial charge in [0.25, 0.3) is 0 Å². The van der Waals surface area contributed by atoms with Gasteiger partial charge < -0.3 is 9.47 Å². The van der Waals surface area contributed by atoms with E-state index in [1.807, 2.05) is 0 Å². The van der Waals surface area contributed by atoms with Crippen LogP contribution in [0.3, 0.4) is 0 Å². The molecule has 4 nitrogen and oxygen atoms in total. The molecule has 20 heavy (non-hydrogen) atoms. The summed E-state index contributed by atoms with van der Waals surface area (Å²) >= 11 is 0. The highest BCUT2D eigenvalue weighted by molar-refractivity contribution is 5.74. The lowest BCUT2D eigenvalue weighted by Gasteiger charge is -2.19. The van der Waals surface area contributed by atoms with Crippen molar-refractivity contribution in [2.75, 3.05) is 7.11 Å². The van der Waals surface area contributed by atoms with Gasteiger partial charge in [0.05, 0.1) is 19.4 Å². The summed E-state index contributed by atoms with van der Waals surface area (Å²) in [7, 11) is 1.34. The van der Waals surface area contributed by atoms with Crippen LogP contribution in [0.15, 0.2) is 0 Å². The molecule has 0 heterocycles. The van der Waals surface area contributed by atoms with Gasteiger partial charge in [-0.3, -0.25) is 9.59 Å². The highest BCUT2D eigenvalue weighted by Crippen LogP contribution is 2.19. The molecule has 0 saturated carbocycles. The van der Waals surface area contributed by atoms with Crippen molar-refractivity contribution >= 4 is 11.9 Å². The second kappa shape index (κ2) is 11.7. The molecule has 0 fully saturated rings. The molecule has 2 atom stereocenters. The minimum absolute atomic E-state index is 0.0263. The molecule has 4 heteroatoms. The number of methoxy groups -OCH3 is 1. The summed E-state index contributed by atoms with van der Waals surface area (Å²) in [5, 5.41) is 0. The fraction of sp³-hybridized carbons (Fsp3) is 0.875. The summed E-state index contributed by atoms with van der Waals surface area (Å²) in [5.74, 6) is -0.533. The van der Waals surface area contributed by atoms with Crippen molar-refractivity contribution < 1.29 is 19.1 Å². The number of esters is 2. The maximum atomic E-state index is 12.1. The van der Waals surface area contributed by atoms with Gasteiger partial charge in [-0.05, 0) is 19.8 Å². The number of rotatable bonds is 11. The first-order valence-electron chi connectivity index (χ1n) is 7.82. The lowest BCUT2D eigenvalue weighted by atomic mass is 9.95. The average Bonchev–Trinajstić information content (AvgIpc) is 2.42. The molecule has 0 amide bonds. The third-order valence-electron chi connectivity index (χ3n) is 3.39. The Kier molecular flexibility index (Phi) is 11.1. The van der Waals surface area contributed by atoms with E-state index in [1.54, 1.807) is 6.92 Å². The van der Waals surface area contributed by atoms with Gasteiger partial charge in [-0.15, -0.1) is 0 Å². The third-order valence-corrected chi connectivity index (χ3v) is 3.39. The van der Waals surface area contributed by atoms with Gasteiger partial charge in [0.2, 0.25) is 0 Å². The van der Waals surface area contributed by atoms with Crippen LogP contribution in [0.5, 0.6) is 0 Å². The lowest BCUT2D eigenvalue weighted by Crippen LogP contribution is -2.25. The Hall–Kier alpha value is -1.06. The largest absolute Gasteiger partial charge is 0.469 e. The first-order valence-corrected chi connectivity index (χ1v) is 7.82. The maximum Gasteiger partial charge on any atom is 0.309 e. The summed E-state index contributed by atoms with van der Waals surface area (Å²) in [6, 6.07) is 0. The van der Waals surface area contributed by atoms with Crippen LogP contribution in [0.25, 0.3) is 0 Å². The van der Waals surface area contributed by atoms with Gasteiger partial charge in [-0.2, -0.15) is 0 Å². The van der Waals surface area contributed by atoms with Gasteiger partial charge in [-0.1, -0.05) is 46.0 Å². The Bertz CT molecular complexity index is 276. The number of carbonyl (C=O) groups is 2. The van der Waals surface area contributed by atoms with E-state index in [2.05, 4.69) is 18.6 Å². The van der Waals surface area contributed by atoms with E-state index >= 15 is 0 Å². The van der Waals surface area contributed by atoms with Crippen LogP contribution in [0, 0.1) is 5.92 Å². The fourth-order valence-corrected chi connectivity index (χ4v) is 2.13. The van der Waals surface area contributed by atoms with Crippen molar-refractivity contribution in [2.45, 2.75) is 78.2 Å². The monoisotopic (exact) mass is 286 g/mol. The van der Waals surface area contributed by atoms with Crippen molar-refractivity contribution in [2.24, 2.45) is 5.92 Å². The highest BCUT2D eigenvalue weighted by atomic mass is 16.6. The average molecular weight is 286 g/mol. The predicted octanol–water partition coefficient (Wildman–Crippen LogP) is 3.87. The zero-order valence-corrected chi connectivity index (χ0v) is 13.4. The van der Waals surface area contributed by atoms with Gasteiger partial charge in [0, 0.05) is 0 Å². The molecule has 0 spiro atoms.